The van der Waals surface area contributed by atoms with Gasteiger partial charge in [-0.25, -0.2) is 0 Å². The van der Waals surface area contributed by atoms with E-state index in [0.717, 1.165) is 6.42 Å². The second kappa shape index (κ2) is 5.65. The molecule has 1 amide bonds. The number of nitrogens with two attached hydrogens (primary N) is 1. The summed E-state index contributed by atoms with van der Waals surface area (Å²) in [5.41, 5.74) is 5.40. The van der Waals surface area contributed by atoms with E-state index in [9.17, 15) is 4.79 Å². The van der Waals surface area contributed by atoms with Crippen molar-refractivity contribution in [2.24, 2.45) is 5.73 Å². The first-order valence-electron chi connectivity index (χ1n) is 5.39. The van der Waals surface area contributed by atoms with Crippen molar-refractivity contribution in [2.45, 2.75) is 13.0 Å². The van der Waals surface area contributed by atoms with Crippen LogP contribution in [0.4, 0.5) is 0 Å². The van der Waals surface area contributed by atoms with E-state index >= 15 is 0 Å². The lowest BCUT2D eigenvalue weighted by atomic mass is 10.3. The van der Waals surface area contributed by atoms with Crippen molar-refractivity contribution in [3.8, 4) is 0 Å². The maximum atomic E-state index is 11.7. The quantitative estimate of drug-likeness (QED) is 0.849. The van der Waals surface area contributed by atoms with Crippen molar-refractivity contribution in [1.82, 2.24) is 5.32 Å². The lowest BCUT2D eigenvalue weighted by Crippen LogP contribution is -2.25. The van der Waals surface area contributed by atoms with E-state index in [4.69, 9.17) is 10.2 Å². The predicted molar refractivity (Wildman–Crippen MR) is 67.0 cm³/mol. The summed E-state index contributed by atoms with van der Waals surface area (Å²) in [4.78, 5) is 12.9. The third kappa shape index (κ3) is 3.18. The minimum atomic E-state index is -0.193. The van der Waals surface area contributed by atoms with Crippen LogP contribution in [0.15, 0.2) is 34.1 Å². The van der Waals surface area contributed by atoms with Crippen LogP contribution in [-0.4, -0.2) is 12.5 Å². The molecule has 0 fully saturated rings. The third-order valence-corrected chi connectivity index (χ3v) is 3.26. The third-order valence-electron chi connectivity index (χ3n) is 2.32. The fourth-order valence-electron chi connectivity index (χ4n) is 1.45. The Hall–Kier alpha value is -1.59. The highest BCUT2D eigenvalue weighted by molar-refractivity contribution is 7.09. The van der Waals surface area contributed by atoms with Gasteiger partial charge in [0.25, 0.3) is 5.91 Å². The van der Waals surface area contributed by atoms with Gasteiger partial charge < -0.3 is 15.5 Å². The van der Waals surface area contributed by atoms with Crippen LogP contribution in [0.1, 0.15) is 21.2 Å². The molecular formula is C12H14N2O2S. The smallest absolute Gasteiger partial charge is 0.287 e. The van der Waals surface area contributed by atoms with Gasteiger partial charge in [0.15, 0.2) is 5.76 Å². The second-order valence-corrected chi connectivity index (χ2v) is 4.59. The highest BCUT2D eigenvalue weighted by Crippen LogP contribution is 2.09. The topological polar surface area (TPSA) is 68.3 Å². The summed E-state index contributed by atoms with van der Waals surface area (Å²) in [6, 6.07) is 7.41. The van der Waals surface area contributed by atoms with E-state index in [1.54, 1.807) is 23.5 Å². The molecule has 0 aromatic carbocycles. The maximum Gasteiger partial charge on any atom is 0.287 e. The van der Waals surface area contributed by atoms with E-state index in [1.165, 1.54) is 4.88 Å². The molecule has 2 aromatic rings. The van der Waals surface area contributed by atoms with Crippen molar-refractivity contribution in [3.63, 3.8) is 0 Å². The summed E-state index contributed by atoms with van der Waals surface area (Å²) in [6.07, 6.45) is 0.841. The van der Waals surface area contributed by atoms with Gasteiger partial charge in [0.05, 0.1) is 6.54 Å². The van der Waals surface area contributed by atoms with Crippen LogP contribution in [0.3, 0.4) is 0 Å². The van der Waals surface area contributed by atoms with Crippen molar-refractivity contribution in [1.29, 1.82) is 0 Å². The standard InChI is InChI=1S/C12H14N2O2S/c13-8-9-3-4-11(16-9)12(15)14-6-5-10-2-1-7-17-10/h1-4,7H,5-6,8,13H2,(H,14,15). The fourth-order valence-corrected chi connectivity index (χ4v) is 2.16. The lowest BCUT2D eigenvalue weighted by Gasteiger charge is -2.01. The van der Waals surface area contributed by atoms with Gasteiger partial charge in [-0.1, -0.05) is 6.07 Å². The number of furan rings is 1. The molecule has 0 aliphatic rings. The van der Waals surface area contributed by atoms with E-state index in [2.05, 4.69) is 11.4 Å². The summed E-state index contributed by atoms with van der Waals surface area (Å²) in [5, 5.41) is 4.83. The first-order valence-corrected chi connectivity index (χ1v) is 6.27. The Kier molecular flexibility index (Phi) is 3.95. The van der Waals surface area contributed by atoms with Crippen LogP contribution < -0.4 is 11.1 Å². The van der Waals surface area contributed by atoms with Crippen LogP contribution in [0, 0.1) is 0 Å². The normalized spacial score (nSPS) is 10.4. The Morgan fingerprint density at radius 3 is 2.94 bits per heavy atom. The Morgan fingerprint density at radius 1 is 1.41 bits per heavy atom. The predicted octanol–water partition coefficient (Wildman–Crippen LogP) is 1.77. The van der Waals surface area contributed by atoms with E-state index in [1.807, 2.05) is 11.4 Å². The molecule has 5 heteroatoms. The van der Waals surface area contributed by atoms with Crippen molar-refractivity contribution in [3.05, 3.63) is 46.0 Å². The Balaban J connectivity index is 1.81. The van der Waals surface area contributed by atoms with Crippen LogP contribution in [0.25, 0.3) is 0 Å². The zero-order chi connectivity index (χ0) is 12.1. The molecular weight excluding hydrogens is 236 g/mol. The molecule has 0 radical (unpaired) electrons. The SMILES string of the molecule is NCc1ccc(C(=O)NCCc2cccs2)o1. The molecule has 17 heavy (non-hydrogen) atoms. The summed E-state index contributed by atoms with van der Waals surface area (Å²) in [5.74, 6) is 0.742. The van der Waals surface area contributed by atoms with Gasteiger partial charge in [-0.2, -0.15) is 0 Å². The molecule has 0 aliphatic carbocycles. The molecule has 4 nitrogen and oxygen atoms in total. The molecule has 0 bridgehead atoms. The first-order chi connectivity index (χ1) is 8.29. The minimum Gasteiger partial charge on any atom is -0.455 e. The highest BCUT2D eigenvalue weighted by atomic mass is 32.1. The van der Waals surface area contributed by atoms with Gasteiger partial charge in [0, 0.05) is 11.4 Å². The van der Waals surface area contributed by atoms with Gasteiger partial charge in [-0.3, -0.25) is 4.79 Å². The minimum absolute atomic E-state index is 0.193. The Bertz CT molecular complexity index is 476. The van der Waals surface area contributed by atoms with Crippen molar-refractivity contribution >= 4 is 17.2 Å². The number of carbonyl (C=O) groups excluding carboxylic acids is 1. The molecule has 0 saturated heterocycles. The molecule has 2 rings (SSSR count). The number of nitrogens with one attached hydrogen (secondary N) is 1. The van der Waals surface area contributed by atoms with Gasteiger partial charge >= 0.3 is 0 Å². The lowest BCUT2D eigenvalue weighted by molar-refractivity contribution is 0.0925. The summed E-state index contributed by atoms with van der Waals surface area (Å²) in [6.45, 7) is 0.917. The molecule has 0 unspecified atom stereocenters. The van der Waals surface area contributed by atoms with Crippen LogP contribution in [0.5, 0.6) is 0 Å². The van der Waals surface area contributed by atoms with E-state index in [0.29, 0.717) is 24.6 Å². The number of carbonyl (C=O) groups is 1. The average Bonchev–Trinajstić information content (AvgIpc) is 2.99. The summed E-state index contributed by atoms with van der Waals surface area (Å²) >= 11 is 1.69. The highest BCUT2D eigenvalue weighted by Gasteiger charge is 2.09. The van der Waals surface area contributed by atoms with Crippen molar-refractivity contribution in [2.75, 3.05) is 6.54 Å². The van der Waals surface area contributed by atoms with Gasteiger partial charge in [0.2, 0.25) is 0 Å². The molecule has 2 aromatic heterocycles. The zero-order valence-electron chi connectivity index (χ0n) is 9.31. The molecule has 0 aliphatic heterocycles. The van der Waals surface area contributed by atoms with Gasteiger partial charge in [-0.05, 0) is 30.0 Å². The molecule has 0 spiro atoms. The number of hydrogen-bond donors (Lipinski definition) is 2. The molecule has 0 atom stereocenters. The van der Waals surface area contributed by atoms with Gasteiger partial charge in [0.1, 0.15) is 5.76 Å². The Morgan fingerprint density at radius 2 is 2.29 bits per heavy atom. The first kappa shape index (κ1) is 11.9. The number of rotatable bonds is 5. The van der Waals surface area contributed by atoms with Crippen LogP contribution >= 0.6 is 11.3 Å². The van der Waals surface area contributed by atoms with E-state index < -0.39 is 0 Å². The number of hydrogen-bond acceptors (Lipinski definition) is 4. The molecule has 90 valence electrons. The molecule has 2 heterocycles. The Labute approximate surface area is 103 Å². The monoisotopic (exact) mass is 250 g/mol. The number of thiophene rings is 1. The van der Waals surface area contributed by atoms with Crippen LogP contribution in [0.2, 0.25) is 0 Å². The fraction of sp³-hybridized carbons (Fsp3) is 0.250. The van der Waals surface area contributed by atoms with Crippen LogP contribution in [-0.2, 0) is 13.0 Å². The van der Waals surface area contributed by atoms with Crippen molar-refractivity contribution < 1.29 is 9.21 Å². The summed E-state index contributed by atoms with van der Waals surface area (Å²) < 4.78 is 5.25. The number of amides is 1. The summed E-state index contributed by atoms with van der Waals surface area (Å²) in [7, 11) is 0. The second-order valence-electron chi connectivity index (χ2n) is 3.56. The average molecular weight is 250 g/mol. The van der Waals surface area contributed by atoms with E-state index in [-0.39, 0.29) is 5.91 Å². The molecule has 3 N–H and O–H groups in total. The zero-order valence-corrected chi connectivity index (χ0v) is 10.1. The maximum absolute atomic E-state index is 11.7. The van der Waals surface area contributed by atoms with Gasteiger partial charge in [-0.15, -0.1) is 11.3 Å². The molecule has 0 saturated carbocycles. The largest absolute Gasteiger partial charge is 0.455 e.